The average molecular weight is 250 g/mol. The van der Waals surface area contributed by atoms with E-state index in [1.165, 1.54) is 0 Å². The first kappa shape index (κ1) is 12.0. The van der Waals surface area contributed by atoms with Gasteiger partial charge < -0.3 is 10.8 Å². The lowest BCUT2D eigenvalue weighted by molar-refractivity contribution is -0.138. The quantitative estimate of drug-likeness (QED) is 0.869. The summed E-state index contributed by atoms with van der Waals surface area (Å²) in [7, 11) is 0. The largest absolute Gasteiger partial charge is 0.480 e. The van der Waals surface area contributed by atoms with Crippen molar-refractivity contribution < 1.29 is 9.90 Å². The van der Waals surface area contributed by atoms with Gasteiger partial charge in [-0.2, -0.15) is 0 Å². The molecule has 0 bridgehead atoms. The van der Waals surface area contributed by atoms with Crippen LogP contribution in [0.3, 0.4) is 0 Å². The van der Waals surface area contributed by atoms with Gasteiger partial charge in [0.25, 0.3) is 0 Å². The molecule has 1 unspecified atom stereocenters. The number of nitrogens with two attached hydrogens (primary N) is 1. The van der Waals surface area contributed by atoms with Gasteiger partial charge in [-0.1, -0.05) is 6.07 Å². The molecule has 1 heterocycles. The van der Waals surface area contributed by atoms with Crippen molar-refractivity contribution in [1.82, 2.24) is 4.98 Å². The Labute approximate surface area is 103 Å². The number of aromatic nitrogens is 1. The summed E-state index contributed by atoms with van der Waals surface area (Å²) in [6.07, 6.45) is 1.14. The van der Waals surface area contributed by atoms with Gasteiger partial charge in [0.15, 0.2) is 0 Å². The van der Waals surface area contributed by atoms with Crippen LogP contribution in [0.15, 0.2) is 18.2 Å². The molecule has 0 radical (unpaired) electrons. The fourth-order valence-electron chi connectivity index (χ4n) is 1.69. The van der Waals surface area contributed by atoms with E-state index in [0.717, 1.165) is 20.8 Å². The zero-order chi connectivity index (χ0) is 12.4. The maximum atomic E-state index is 10.6. The molecule has 0 saturated heterocycles. The van der Waals surface area contributed by atoms with Crippen molar-refractivity contribution in [3.63, 3.8) is 0 Å². The number of rotatable bonds is 4. The summed E-state index contributed by atoms with van der Waals surface area (Å²) in [5.74, 6) is -0.945. The van der Waals surface area contributed by atoms with Gasteiger partial charge >= 0.3 is 5.97 Å². The van der Waals surface area contributed by atoms with Crippen LogP contribution in [0.1, 0.15) is 17.0 Å². The van der Waals surface area contributed by atoms with E-state index in [1.807, 2.05) is 19.1 Å². The fourth-order valence-corrected chi connectivity index (χ4v) is 2.58. The van der Waals surface area contributed by atoms with Crippen molar-refractivity contribution in [1.29, 1.82) is 0 Å². The van der Waals surface area contributed by atoms with Crippen LogP contribution in [0, 0.1) is 6.92 Å². The minimum atomic E-state index is -0.945. The molecule has 0 aliphatic heterocycles. The molecule has 0 fully saturated rings. The van der Waals surface area contributed by atoms with E-state index < -0.39 is 12.0 Å². The summed E-state index contributed by atoms with van der Waals surface area (Å²) in [5.41, 5.74) is 7.58. The van der Waals surface area contributed by atoms with Crippen LogP contribution in [-0.4, -0.2) is 22.1 Å². The van der Waals surface area contributed by atoms with Crippen LogP contribution < -0.4 is 5.73 Å². The van der Waals surface area contributed by atoms with Crippen molar-refractivity contribution in [2.45, 2.75) is 25.8 Å². The maximum absolute atomic E-state index is 10.6. The zero-order valence-corrected chi connectivity index (χ0v) is 10.3. The number of thiazole rings is 1. The van der Waals surface area contributed by atoms with Gasteiger partial charge in [0.05, 0.1) is 15.2 Å². The highest BCUT2D eigenvalue weighted by atomic mass is 32.1. The number of hydrogen-bond donors (Lipinski definition) is 2. The average Bonchev–Trinajstić information content (AvgIpc) is 2.64. The summed E-state index contributed by atoms with van der Waals surface area (Å²) in [6.45, 7) is 1.98. The lowest BCUT2D eigenvalue weighted by Gasteiger charge is -2.05. The summed E-state index contributed by atoms with van der Waals surface area (Å²) < 4.78 is 1.14. The summed E-state index contributed by atoms with van der Waals surface area (Å²) in [4.78, 5) is 15.0. The molecule has 5 heteroatoms. The van der Waals surface area contributed by atoms with Crippen molar-refractivity contribution in [3.05, 3.63) is 28.8 Å². The van der Waals surface area contributed by atoms with E-state index in [4.69, 9.17) is 10.8 Å². The topological polar surface area (TPSA) is 76.2 Å². The molecule has 3 N–H and O–H groups in total. The number of fused-ring (bicyclic) bond motifs is 1. The number of hydrogen-bond acceptors (Lipinski definition) is 4. The number of aryl methyl sites for hydroxylation is 2. The van der Waals surface area contributed by atoms with E-state index in [2.05, 4.69) is 11.1 Å². The molecule has 0 spiro atoms. The fraction of sp³-hybridized carbons (Fsp3) is 0.333. The van der Waals surface area contributed by atoms with E-state index in [1.54, 1.807) is 11.3 Å². The van der Waals surface area contributed by atoms with E-state index in [9.17, 15) is 4.79 Å². The number of benzene rings is 1. The molecule has 2 aromatic rings. The molecule has 1 atom stereocenters. The number of nitrogens with zero attached hydrogens (tertiary/aromatic N) is 1. The number of aliphatic carboxylic acids is 1. The van der Waals surface area contributed by atoms with Crippen molar-refractivity contribution in [2.24, 2.45) is 5.73 Å². The Hall–Kier alpha value is -1.46. The molecule has 0 aliphatic rings. The van der Waals surface area contributed by atoms with E-state index in [0.29, 0.717) is 12.8 Å². The Morgan fingerprint density at radius 3 is 3.06 bits per heavy atom. The Morgan fingerprint density at radius 1 is 1.59 bits per heavy atom. The first-order valence-corrected chi connectivity index (χ1v) is 6.22. The third-order valence-electron chi connectivity index (χ3n) is 2.62. The number of carbonyl (C=O) groups is 1. The Kier molecular flexibility index (Phi) is 3.40. The monoisotopic (exact) mass is 250 g/mol. The zero-order valence-electron chi connectivity index (χ0n) is 9.51. The van der Waals surface area contributed by atoms with Crippen LogP contribution >= 0.6 is 11.3 Å². The molecule has 0 amide bonds. The lowest BCUT2D eigenvalue weighted by Crippen LogP contribution is -2.30. The van der Waals surface area contributed by atoms with Crippen LogP contribution in [0.5, 0.6) is 0 Å². The standard InChI is InChI=1S/C12H14N2O2S/c1-7-14-10-5-3-8(6-11(10)17-7)2-4-9(13)12(15)16/h3,5-6,9H,2,4,13H2,1H3,(H,15,16). The molecule has 0 saturated carbocycles. The van der Waals surface area contributed by atoms with Gasteiger partial charge in [-0.15, -0.1) is 11.3 Å². The molecular formula is C12H14N2O2S. The van der Waals surface area contributed by atoms with Gasteiger partial charge in [0.1, 0.15) is 6.04 Å². The number of carboxylic acids is 1. The molecule has 1 aromatic carbocycles. The predicted molar refractivity (Wildman–Crippen MR) is 68.3 cm³/mol. The van der Waals surface area contributed by atoms with Gasteiger partial charge in [-0.3, -0.25) is 4.79 Å². The van der Waals surface area contributed by atoms with Crippen molar-refractivity contribution >= 4 is 27.5 Å². The lowest BCUT2D eigenvalue weighted by atomic mass is 10.1. The van der Waals surface area contributed by atoms with E-state index in [-0.39, 0.29) is 0 Å². The molecular weight excluding hydrogens is 236 g/mol. The highest BCUT2D eigenvalue weighted by Crippen LogP contribution is 2.23. The van der Waals surface area contributed by atoms with Crippen LogP contribution in [0.2, 0.25) is 0 Å². The predicted octanol–water partition coefficient (Wildman–Crippen LogP) is 1.95. The normalized spacial score (nSPS) is 12.8. The van der Waals surface area contributed by atoms with Crippen molar-refractivity contribution in [2.75, 3.05) is 0 Å². The van der Waals surface area contributed by atoms with Crippen LogP contribution in [0.25, 0.3) is 10.2 Å². The molecule has 1 aromatic heterocycles. The SMILES string of the molecule is Cc1nc2ccc(CCC(N)C(=O)O)cc2s1. The second-order valence-corrected chi connectivity index (χ2v) is 5.25. The summed E-state index contributed by atoms with van der Waals surface area (Å²) in [5, 5.41) is 9.74. The Balaban J connectivity index is 2.11. The first-order valence-electron chi connectivity index (χ1n) is 5.41. The van der Waals surface area contributed by atoms with Gasteiger partial charge in [-0.25, -0.2) is 4.98 Å². The molecule has 4 nitrogen and oxygen atoms in total. The minimum absolute atomic E-state index is 0.457. The van der Waals surface area contributed by atoms with Gasteiger partial charge in [-0.05, 0) is 37.5 Å². The molecule has 2 rings (SSSR count). The second-order valence-electron chi connectivity index (χ2n) is 4.02. The molecule has 0 aliphatic carbocycles. The highest BCUT2D eigenvalue weighted by molar-refractivity contribution is 7.18. The molecule has 90 valence electrons. The first-order chi connectivity index (χ1) is 8.06. The van der Waals surface area contributed by atoms with E-state index >= 15 is 0 Å². The Bertz CT molecular complexity index is 550. The highest BCUT2D eigenvalue weighted by Gasteiger charge is 2.11. The van der Waals surface area contributed by atoms with Gasteiger partial charge in [0.2, 0.25) is 0 Å². The minimum Gasteiger partial charge on any atom is -0.480 e. The third-order valence-corrected chi connectivity index (χ3v) is 3.55. The smallest absolute Gasteiger partial charge is 0.320 e. The second kappa shape index (κ2) is 4.81. The summed E-state index contributed by atoms with van der Waals surface area (Å²) >= 11 is 1.65. The van der Waals surface area contributed by atoms with Crippen molar-refractivity contribution in [3.8, 4) is 0 Å². The molecule has 17 heavy (non-hydrogen) atoms. The van der Waals surface area contributed by atoms with Gasteiger partial charge in [0, 0.05) is 0 Å². The summed E-state index contributed by atoms with van der Waals surface area (Å²) in [6, 6.07) is 5.24. The third kappa shape index (κ3) is 2.81. The Morgan fingerprint density at radius 2 is 2.35 bits per heavy atom. The maximum Gasteiger partial charge on any atom is 0.320 e. The van der Waals surface area contributed by atoms with Crippen LogP contribution in [-0.2, 0) is 11.2 Å². The van der Waals surface area contributed by atoms with Crippen LogP contribution in [0.4, 0.5) is 0 Å². The number of carboxylic acid groups (broad SMARTS) is 1.